The summed E-state index contributed by atoms with van der Waals surface area (Å²) < 4.78 is 9.06. The van der Waals surface area contributed by atoms with Crippen LogP contribution < -0.4 is 0 Å². The van der Waals surface area contributed by atoms with Crippen molar-refractivity contribution in [2.75, 3.05) is 0 Å². The van der Waals surface area contributed by atoms with Crippen LogP contribution in [0.2, 0.25) is 0 Å². The minimum atomic E-state index is 0.591. The highest BCUT2D eigenvalue weighted by atomic mass is 16.3. The van der Waals surface area contributed by atoms with Gasteiger partial charge in [-0.15, -0.1) is 0 Å². The first-order valence-electron chi connectivity index (χ1n) is 18.8. The number of hydrogen-bond donors (Lipinski definition) is 0. The lowest BCUT2D eigenvalue weighted by molar-refractivity contribution is 0.669. The molecule has 0 unspecified atom stereocenters. The molecular weight excluding hydrogens is 685 g/mol. The molecule has 0 saturated carbocycles. The number of aromatic nitrogens is 4. The van der Waals surface area contributed by atoms with Crippen molar-refractivity contribution in [3.8, 4) is 62.1 Å². The van der Waals surface area contributed by atoms with E-state index in [-0.39, 0.29) is 0 Å². The number of furan rings is 1. The number of hydrogen-bond acceptors (Lipinski definition) is 4. The van der Waals surface area contributed by atoms with Crippen molar-refractivity contribution in [3.05, 3.63) is 194 Å². The first-order valence-corrected chi connectivity index (χ1v) is 18.8. The molecule has 0 N–H and O–H groups in total. The molecule has 0 atom stereocenters. The highest BCUT2D eigenvalue weighted by molar-refractivity contribution is 6.26. The standard InChI is InChI=1S/C51H32N4O/c1-4-14-33(15-5-1)37-20-12-21-38(32-37)34-26-28-39(29-27-34)55-43-24-11-10-22-40(43)41-30-31-45-47(48(41)55)46-42(23-13-25-44(46)56-45)51-53-49(35-16-6-2-7-17-35)52-50(54-51)36-18-8-3-9-19-36/h1-32H. The second-order valence-corrected chi connectivity index (χ2v) is 14.0. The van der Waals surface area contributed by atoms with Crippen LogP contribution in [0.25, 0.3) is 106 Å². The Bertz CT molecular complexity index is 3160. The van der Waals surface area contributed by atoms with Gasteiger partial charge in [0.15, 0.2) is 17.5 Å². The van der Waals surface area contributed by atoms with Gasteiger partial charge in [0.1, 0.15) is 11.2 Å². The molecule has 0 aliphatic heterocycles. The summed E-state index contributed by atoms with van der Waals surface area (Å²) in [6.07, 6.45) is 0. The molecule has 0 aliphatic carbocycles. The van der Waals surface area contributed by atoms with Crippen molar-refractivity contribution >= 4 is 43.7 Å². The van der Waals surface area contributed by atoms with Crippen molar-refractivity contribution in [3.63, 3.8) is 0 Å². The van der Waals surface area contributed by atoms with E-state index in [1.54, 1.807) is 0 Å². The van der Waals surface area contributed by atoms with Gasteiger partial charge in [-0.25, -0.2) is 15.0 Å². The number of benzene rings is 8. The largest absolute Gasteiger partial charge is 0.456 e. The van der Waals surface area contributed by atoms with Crippen LogP contribution in [-0.2, 0) is 0 Å². The van der Waals surface area contributed by atoms with Gasteiger partial charge in [0.05, 0.1) is 16.4 Å². The van der Waals surface area contributed by atoms with E-state index in [1.165, 1.54) is 22.1 Å². The summed E-state index contributed by atoms with van der Waals surface area (Å²) in [4.78, 5) is 15.2. The SMILES string of the molecule is c1ccc(-c2cccc(-c3ccc(-n4c5ccccc5c5ccc6oc7cccc(-c8nc(-c9ccccc9)nc(-c9ccccc9)n8)c7c6c54)cc3)c2)cc1. The van der Waals surface area contributed by atoms with Crippen LogP contribution in [0.1, 0.15) is 0 Å². The van der Waals surface area contributed by atoms with E-state index in [4.69, 9.17) is 19.4 Å². The van der Waals surface area contributed by atoms with Crippen molar-refractivity contribution in [2.45, 2.75) is 0 Å². The number of nitrogens with zero attached hydrogens (tertiary/aromatic N) is 4. The van der Waals surface area contributed by atoms with Gasteiger partial charge in [0.2, 0.25) is 0 Å². The van der Waals surface area contributed by atoms with Crippen LogP contribution in [0.3, 0.4) is 0 Å². The third-order valence-corrected chi connectivity index (χ3v) is 10.7. The Morgan fingerprint density at radius 3 is 1.57 bits per heavy atom. The molecule has 0 saturated heterocycles. The Morgan fingerprint density at radius 2 is 0.893 bits per heavy atom. The van der Waals surface area contributed by atoms with E-state index in [9.17, 15) is 0 Å². The smallest absolute Gasteiger partial charge is 0.164 e. The number of rotatable bonds is 6. The summed E-state index contributed by atoms with van der Waals surface area (Å²) in [5.41, 5.74) is 12.3. The summed E-state index contributed by atoms with van der Waals surface area (Å²) in [5, 5.41) is 4.31. The van der Waals surface area contributed by atoms with Crippen molar-refractivity contribution < 1.29 is 4.42 Å². The lowest BCUT2D eigenvalue weighted by Gasteiger charge is -2.12. The Labute approximate surface area is 322 Å². The van der Waals surface area contributed by atoms with Gasteiger partial charge in [-0.2, -0.15) is 0 Å². The lowest BCUT2D eigenvalue weighted by Crippen LogP contribution is -2.00. The highest BCUT2D eigenvalue weighted by Gasteiger charge is 2.23. The first-order chi connectivity index (χ1) is 27.8. The molecule has 5 heteroatoms. The van der Waals surface area contributed by atoms with Gasteiger partial charge in [0, 0.05) is 38.5 Å². The van der Waals surface area contributed by atoms with Crippen LogP contribution in [-0.4, -0.2) is 19.5 Å². The summed E-state index contributed by atoms with van der Waals surface area (Å²) in [5.74, 6) is 1.83. The second kappa shape index (κ2) is 13.0. The predicted octanol–water partition coefficient (Wildman–Crippen LogP) is 13.2. The Balaban J connectivity index is 1.14. The van der Waals surface area contributed by atoms with Crippen LogP contribution in [0.5, 0.6) is 0 Å². The molecule has 0 spiro atoms. The topological polar surface area (TPSA) is 56.7 Å². The maximum atomic E-state index is 6.68. The molecule has 0 radical (unpaired) electrons. The average Bonchev–Trinajstić information content (AvgIpc) is 3.83. The zero-order valence-corrected chi connectivity index (χ0v) is 30.2. The molecule has 11 aromatic rings. The van der Waals surface area contributed by atoms with Gasteiger partial charge < -0.3 is 8.98 Å². The lowest BCUT2D eigenvalue weighted by atomic mass is 9.99. The molecule has 56 heavy (non-hydrogen) atoms. The van der Waals surface area contributed by atoms with Crippen LogP contribution >= 0.6 is 0 Å². The van der Waals surface area contributed by atoms with E-state index < -0.39 is 0 Å². The first kappa shape index (κ1) is 31.9. The molecule has 11 rings (SSSR count). The van der Waals surface area contributed by atoms with E-state index in [0.717, 1.165) is 66.3 Å². The Morgan fingerprint density at radius 1 is 0.357 bits per heavy atom. The maximum Gasteiger partial charge on any atom is 0.164 e. The van der Waals surface area contributed by atoms with E-state index >= 15 is 0 Å². The molecule has 8 aromatic carbocycles. The fourth-order valence-corrected chi connectivity index (χ4v) is 8.05. The summed E-state index contributed by atoms with van der Waals surface area (Å²) in [6, 6.07) is 67.4. The second-order valence-electron chi connectivity index (χ2n) is 14.0. The predicted molar refractivity (Wildman–Crippen MR) is 229 cm³/mol. The van der Waals surface area contributed by atoms with E-state index in [2.05, 4.69) is 126 Å². The van der Waals surface area contributed by atoms with Crippen LogP contribution in [0, 0.1) is 0 Å². The van der Waals surface area contributed by atoms with Gasteiger partial charge in [0.25, 0.3) is 0 Å². The molecule has 0 bridgehead atoms. The minimum absolute atomic E-state index is 0.591. The fourth-order valence-electron chi connectivity index (χ4n) is 8.05. The van der Waals surface area contributed by atoms with Crippen molar-refractivity contribution in [2.24, 2.45) is 0 Å². The third kappa shape index (κ3) is 5.29. The minimum Gasteiger partial charge on any atom is -0.456 e. The summed E-state index contributed by atoms with van der Waals surface area (Å²) in [6.45, 7) is 0. The molecule has 3 aromatic heterocycles. The average molecular weight is 717 g/mol. The molecular formula is C51H32N4O. The normalized spacial score (nSPS) is 11.6. The van der Waals surface area contributed by atoms with E-state index in [1.807, 2.05) is 72.8 Å². The number of para-hydroxylation sites is 1. The molecule has 0 amide bonds. The zero-order valence-electron chi connectivity index (χ0n) is 30.2. The fraction of sp³-hybridized carbons (Fsp3) is 0. The van der Waals surface area contributed by atoms with Crippen LogP contribution in [0.4, 0.5) is 0 Å². The van der Waals surface area contributed by atoms with Gasteiger partial charge in [-0.3, -0.25) is 0 Å². The van der Waals surface area contributed by atoms with Gasteiger partial charge >= 0.3 is 0 Å². The summed E-state index contributed by atoms with van der Waals surface area (Å²) in [7, 11) is 0. The molecule has 3 heterocycles. The van der Waals surface area contributed by atoms with Crippen molar-refractivity contribution in [1.82, 2.24) is 19.5 Å². The zero-order chi connectivity index (χ0) is 37.0. The van der Waals surface area contributed by atoms with Crippen LogP contribution in [0.15, 0.2) is 199 Å². The molecule has 0 aliphatic rings. The quantitative estimate of drug-likeness (QED) is 0.172. The third-order valence-electron chi connectivity index (χ3n) is 10.7. The van der Waals surface area contributed by atoms with Gasteiger partial charge in [-0.1, -0.05) is 152 Å². The number of fused-ring (bicyclic) bond motifs is 7. The Kier molecular flexibility index (Phi) is 7.42. The summed E-state index contributed by atoms with van der Waals surface area (Å²) >= 11 is 0. The van der Waals surface area contributed by atoms with Gasteiger partial charge in [-0.05, 0) is 64.7 Å². The molecule has 0 fully saturated rings. The Hall–Kier alpha value is -7.63. The molecule has 5 nitrogen and oxygen atoms in total. The van der Waals surface area contributed by atoms with Crippen molar-refractivity contribution in [1.29, 1.82) is 0 Å². The van der Waals surface area contributed by atoms with E-state index in [0.29, 0.717) is 17.5 Å². The monoisotopic (exact) mass is 716 g/mol. The maximum absolute atomic E-state index is 6.68. The highest BCUT2D eigenvalue weighted by Crippen LogP contribution is 2.44. The molecule has 262 valence electrons.